The van der Waals surface area contributed by atoms with Crippen LogP contribution in [0.3, 0.4) is 0 Å². The second-order valence-corrected chi connectivity index (χ2v) is 6.11. The summed E-state index contributed by atoms with van der Waals surface area (Å²) in [6.45, 7) is 2.95. The summed E-state index contributed by atoms with van der Waals surface area (Å²) in [5.74, 6) is 0. The molecule has 0 amide bonds. The highest BCUT2D eigenvalue weighted by Gasteiger charge is 2.33. The predicted octanol–water partition coefficient (Wildman–Crippen LogP) is 2.68. The van der Waals surface area contributed by atoms with E-state index < -0.39 is 32.2 Å². The van der Waals surface area contributed by atoms with Gasteiger partial charge in [-0.25, -0.2) is 8.42 Å². The van der Waals surface area contributed by atoms with Crippen molar-refractivity contribution in [3.05, 3.63) is 29.8 Å². The Morgan fingerprint density at radius 3 is 2.40 bits per heavy atom. The summed E-state index contributed by atoms with van der Waals surface area (Å²) in [7, 11) is -4.20. The summed E-state index contributed by atoms with van der Waals surface area (Å²) in [5, 5.41) is 8.92. The number of sulfonamides is 1. The molecule has 0 aromatic heterocycles. The van der Waals surface area contributed by atoms with E-state index in [9.17, 15) is 21.6 Å². The monoisotopic (exact) mass is 306 g/mol. The van der Waals surface area contributed by atoms with Gasteiger partial charge >= 0.3 is 6.18 Å². The van der Waals surface area contributed by atoms with Crippen LogP contribution in [-0.2, 0) is 16.2 Å². The minimum absolute atomic E-state index is 0.182. The maximum atomic E-state index is 12.6. The van der Waals surface area contributed by atoms with E-state index in [1.54, 1.807) is 13.0 Å². The number of hydrogen-bond donors (Lipinski definition) is 1. The molecule has 0 aliphatic rings. The molecule has 110 valence electrons. The third-order valence-corrected chi connectivity index (χ3v) is 4.38. The first-order valence-electron chi connectivity index (χ1n) is 5.66. The molecule has 0 heterocycles. The van der Waals surface area contributed by atoms with Gasteiger partial charge in [0.15, 0.2) is 0 Å². The fourth-order valence-electron chi connectivity index (χ4n) is 1.37. The van der Waals surface area contributed by atoms with Crippen molar-refractivity contribution in [1.29, 1.82) is 5.26 Å². The Bertz CT molecular complexity index is 635. The van der Waals surface area contributed by atoms with Crippen LogP contribution in [0.25, 0.3) is 0 Å². The SMILES string of the molecule is CCC(C)(C#N)NS(=O)(=O)c1cccc(C(F)(F)F)c1. The lowest BCUT2D eigenvalue weighted by molar-refractivity contribution is -0.137. The van der Waals surface area contributed by atoms with Crippen LogP contribution in [0.15, 0.2) is 29.2 Å². The summed E-state index contributed by atoms with van der Waals surface area (Å²) in [6.07, 6.45) is -4.45. The van der Waals surface area contributed by atoms with Crippen molar-refractivity contribution >= 4 is 10.0 Å². The van der Waals surface area contributed by atoms with Crippen molar-refractivity contribution in [2.45, 2.75) is 36.9 Å². The van der Waals surface area contributed by atoms with E-state index in [1.165, 1.54) is 6.92 Å². The summed E-state index contributed by atoms with van der Waals surface area (Å²) >= 11 is 0. The number of hydrogen-bond acceptors (Lipinski definition) is 3. The van der Waals surface area contributed by atoms with Crippen LogP contribution in [0.4, 0.5) is 13.2 Å². The zero-order chi connectivity index (χ0) is 15.6. The molecule has 0 saturated carbocycles. The molecule has 0 saturated heterocycles. The molecular formula is C12H13F3N2O2S. The summed E-state index contributed by atoms with van der Waals surface area (Å²) in [5.41, 5.74) is -2.43. The number of nitriles is 1. The summed E-state index contributed by atoms with van der Waals surface area (Å²) < 4.78 is 63.8. The third kappa shape index (κ3) is 3.71. The highest BCUT2D eigenvalue weighted by atomic mass is 32.2. The molecule has 0 radical (unpaired) electrons. The Balaban J connectivity index is 3.22. The van der Waals surface area contributed by atoms with Crippen LogP contribution < -0.4 is 4.72 Å². The lowest BCUT2D eigenvalue weighted by atomic mass is 10.0. The van der Waals surface area contributed by atoms with Crippen molar-refractivity contribution in [2.24, 2.45) is 0 Å². The molecule has 0 spiro atoms. The zero-order valence-electron chi connectivity index (χ0n) is 10.8. The molecule has 1 aromatic carbocycles. The van der Waals surface area contributed by atoms with Crippen molar-refractivity contribution in [3.63, 3.8) is 0 Å². The number of rotatable bonds is 4. The van der Waals surface area contributed by atoms with Gasteiger partial charge in [-0.3, -0.25) is 0 Å². The number of nitrogens with zero attached hydrogens (tertiary/aromatic N) is 1. The second kappa shape index (κ2) is 5.42. The number of nitrogens with one attached hydrogen (secondary N) is 1. The van der Waals surface area contributed by atoms with Gasteiger partial charge < -0.3 is 0 Å². The van der Waals surface area contributed by atoms with Gasteiger partial charge in [0, 0.05) is 0 Å². The summed E-state index contributed by atoms with van der Waals surface area (Å²) in [6, 6.07) is 5.16. The minimum Gasteiger partial charge on any atom is -0.207 e. The molecule has 1 atom stereocenters. The Hall–Kier alpha value is -1.59. The van der Waals surface area contributed by atoms with Crippen LogP contribution in [0.1, 0.15) is 25.8 Å². The van der Waals surface area contributed by atoms with Gasteiger partial charge in [0.2, 0.25) is 10.0 Å². The van der Waals surface area contributed by atoms with Gasteiger partial charge in [0.05, 0.1) is 16.5 Å². The lowest BCUT2D eigenvalue weighted by Gasteiger charge is -2.21. The normalized spacial score (nSPS) is 15.4. The average Bonchev–Trinajstić information content (AvgIpc) is 2.37. The molecule has 1 N–H and O–H groups in total. The maximum absolute atomic E-state index is 12.6. The van der Waals surface area contributed by atoms with Gasteiger partial charge in [0.1, 0.15) is 5.54 Å². The first kappa shape index (κ1) is 16.5. The minimum atomic E-state index is -4.63. The molecule has 4 nitrogen and oxygen atoms in total. The van der Waals surface area contributed by atoms with Crippen LogP contribution in [-0.4, -0.2) is 14.0 Å². The first-order chi connectivity index (χ1) is 9.04. The Morgan fingerprint density at radius 2 is 1.95 bits per heavy atom. The van der Waals surface area contributed by atoms with Gasteiger partial charge in [-0.15, -0.1) is 0 Å². The number of benzene rings is 1. The van der Waals surface area contributed by atoms with Gasteiger partial charge in [-0.2, -0.15) is 23.2 Å². The standard InChI is InChI=1S/C12H13F3N2O2S/c1-3-11(2,8-16)17-20(18,19)10-6-4-5-9(7-10)12(13,14)15/h4-7,17H,3H2,1-2H3. The molecule has 0 bridgehead atoms. The largest absolute Gasteiger partial charge is 0.416 e. The van der Waals surface area contributed by atoms with E-state index in [4.69, 9.17) is 5.26 Å². The third-order valence-electron chi connectivity index (χ3n) is 2.79. The summed E-state index contributed by atoms with van der Waals surface area (Å²) in [4.78, 5) is -0.526. The topological polar surface area (TPSA) is 70.0 Å². The van der Waals surface area contributed by atoms with Crippen LogP contribution in [0.2, 0.25) is 0 Å². The molecule has 20 heavy (non-hydrogen) atoms. The molecule has 0 aliphatic heterocycles. The van der Waals surface area contributed by atoms with E-state index in [0.29, 0.717) is 6.07 Å². The molecule has 0 fully saturated rings. The van der Waals surface area contributed by atoms with Crippen molar-refractivity contribution < 1.29 is 21.6 Å². The molecule has 8 heteroatoms. The molecular weight excluding hydrogens is 293 g/mol. The predicted molar refractivity (Wildman–Crippen MR) is 66.1 cm³/mol. The highest BCUT2D eigenvalue weighted by molar-refractivity contribution is 7.89. The van der Waals surface area contributed by atoms with Crippen LogP contribution in [0.5, 0.6) is 0 Å². The van der Waals surface area contributed by atoms with Gasteiger partial charge in [-0.05, 0) is 31.5 Å². The van der Waals surface area contributed by atoms with Crippen LogP contribution in [0, 0.1) is 11.3 Å². The number of halogens is 3. The fourth-order valence-corrected chi connectivity index (χ4v) is 2.81. The Morgan fingerprint density at radius 1 is 1.35 bits per heavy atom. The van der Waals surface area contributed by atoms with Crippen molar-refractivity contribution in [1.82, 2.24) is 4.72 Å². The average molecular weight is 306 g/mol. The zero-order valence-corrected chi connectivity index (χ0v) is 11.6. The van der Waals surface area contributed by atoms with Crippen molar-refractivity contribution in [2.75, 3.05) is 0 Å². The quantitative estimate of drug-likeness (QED) is 0.929. The Kier molecular flexibility index (Phi) is 4.46. The molecule has 1 aromatic rings. The Labute approximate surface area is 115 Å². The van der Waals surface area contributed by atoms with Crippen molar-refractivity contribution in [3.8, 4) is 6.07 Å². The molecule has 1 rings (SSSR count). The smallest absolute Gasteiger partial charge is 0.207 e. The lowest BCUT2D eigenvalue weighted by Crippen LogP contribution is -2.44. The number of alkyl halides is 3. The fraction of sp³-hybridized carbons (Fsp3) is 0.417. The molecule has 0 aliphatic carbocycles. The van der Waals surface area contributed by atoms with E-state index in [0.717, 1.165) is 18.2 Å². The van der Waals surface area contributed by atoms with E-state index in [2.05, 4.69) is 4.72 Å². The maximum Gasteiger partial charge on any atom is 0.416 e. The van der Waals surface area contributed by atoms with Gasteiger partial charge in [-0.1, -0.05) is 13.0 Å². The van der Waals surface area contributed by atoms with E-state index in [-0.39, 0.29) is 6.42 Å². The highest BCUT2D eigenvalue weighted by Crippen LogP contribution is 2.30. The first-order valence-corrected chi connectivity index (χ1v) is 7.15. The van der Waals surface area contributed by atoms with Crippen LogP contribution >= 0.6 is 0 Å². The molecule has 1 unspecified atom stereocenters. The van der Waals surface area contributed by atoms with E-state index in [1.807, 2.05) is 0 Å². The van der Waals surface area contributed by atoms with Gasteiger partial charge in [0.25, 0.3) is 0 Å². The second-order valence-electron chi connectivity index (χ2n) is 4.43. The van der Waals surface area contributed by atoms with E-state index >= 15 is 0 Å².